The van der Waals surface area contributed by atoms with Crippen molar-refractivity contribution < 1.29 is 24.0 Å². The number of nitrogens with zero attached hydrogens (tertiary/aromatic N) is 2. The Balaban J connectivity index is 1.30. The van der Waals surface area contributed by atoms with Gasteiger partial charge >= 0.3 is 11.7 Å². The maximum Gasteiger partial charge on any atom is 0.344 e. The molecular weight excluding hydrogens is 450 g/mol. The zero-order valence-corrected chi connectivity index (χ0v) is 18.3. The summed E-state index contributed by atoms with van der Waals surface area (Å²) in [6.45, 7) is -0.439. The van der Waals surface area contributed by atoms with E-state index in [4.69, 9.17) is 9.47 Å². The van der Waals surface area contributed by atoms with Crippen molar-refractivity contribution in [3.63, 3.8) is 0 Å². The van der Waals surface area contributed by atoms with Crippen LogP contribution in [0.15, 0.2) is 96.1 Å². The highest BCUT2D eigenvalue weighted by molar-refractivity contribution is 6.05. The number of carbonyl (C=O) groups is 2. The van der Waals surface area contributed by atoms with Crippen molar-refractivity contribution in [2.75, 3.05) is 6.61 Å². The summed E-state index contributed by atoms with van der Waals surface area (Å²) in [7, 11) is 0. The lowest BCUT2D eigenvalue weighted by Gasteiger charge is -2.07. The Hall–Kier alpha value is -5.05. The molecule has 0 saturated carbocycles. The van der Waals surface area contributed by atoms with Crippen molar-refractivity contribution in [2.24, 2.45) is 5.10 Å². The first-order chi connectivity index (χ1) is 17.0. The molecule has 0 atom stereocenters. The minimum atomic E-state index is -0.589. The van der Waals surface area contributed by atoms with Gasteiger partial charge in [0.05, 0.1) is 16.7 Å². The number of benzene rings is 4. The third-order valence-electron chi connectivity index (χ3n) is 4.92. The van der Waals surface area contributed by atoms with Crippen LogP contribution in [0.5, 0.6) is 11.5 Å². The quantitative estimate of drug-likeness (QED) is 0.133. The zero-order valence-electron chi connectivity index (χ0n) is 18.3. The van der Waals surface area contributed by atoms with Crippen LogP contribution >= 0.6 is 0 Å². The first-order valence-corrected chi connectivity index (χ1v) is 10.5. The molecule has 35 heavy (non-hydrogen) atoms. The van der Waals surface area contributed by atoms with Gasteiger partial charge in [-0.2, -0.15) is 5.10 Å². The maximum atomic E-state index is 12.6. The normalized spacial score (nSPS) is 10.7. The monoisotopic (exact) mass is 469 g/mol. The number of amides is 1. The molecule has 0 unspecified atom stereocenters. The van der Waals surface area contributed by atoms with E-state index in [-0.39, 0.29) is 11.4 Å². The fraction of sp³-hybridized carbons (Fsp3) is 0.0385. The standard InChI is InChI=1S/C26H19N3O6/c30-25(17-34-24-11-4-3-10-23(24)29(32)33)28-27-16-18-12-14-20(15-13-18)35-26(31)22-9-5-7-19-6-1-2-8-21(19)22/h1-16H,17H2,(H,28,30)/b27-16-. The number of nitrogens with one attached hydrogen (secondary N) is 1. The first kappa shape index (κ1) is 23.1. The van der Waals surface area contributed by atoms with Crippen molar-refractivity contribution in [3.05, 3.63) is 112 Å². The summed E-state index contributed by atoms with van der Waals surface area (Å²) >= 11 is 0. The van der Waals surface area contributed by atoms with Crippen molar-refractivity contribution in [3.8, 4) is 11.5 Å². The Morgan fingerprint density at radius 1 is 0.914 bits per heavy atom. The Labute approximate surface area is 199 Å². The average Bonchev–Trinajstić information content (AvgIpc) is 2.88. The molecule has 0 heterocycles. The largest absolute Gasteiger partial charge is 0.477 e. The van der Waals surface area contributed by atoms with Gasteiger partial charge in [-0.1, -0.05) is 48.5 Å². The molecule has 1 amide bonds. The SMILES string of the molecule is O=C(COc1ccccc1[N+](=O)[O-])N/N=C\c1ccc(OC(=O)c2cccc3ccccc23)cc1. The smallest absolute Gasteiger partial charge is 0.344 e. The van der Waals surface area contributed by atoms with Gasteiger partial charge in [-0.25, -0.2) is 10.2 Å². The predicted octanol–water partition coefficient (Wildman–Crippen LogP) is 4.50. The lowest BCUT2D eigenvalue weighted by Crippen LogP contribution is -2.24. The summed E-state index contributed by atoms with van der Waals surface area (Å²) in [6, 6.07) is 25.4. The number of rotatable bonds is 8. The highest BCUT2D eigenvalue weighted by Crippen LogP contribution is 2.25. The van der Waals surface area contributed by atoms with E-state index in [1.54, 1.807) is 42.5 Å². The van der Waals surface area contributed by atoms with Gasteiger partial charge in [0.2, 0.25) is 0 Å². The number of nitro groups is 1. The summed E-state index contributed by atoms with van der Waals surface area (Å²) in [5.74, 6) is -0.693. The predicted molar refractivity (Wildman–Crippen MR) is 130 cm³/mol. The minimum Gasteiger partial charge on any atom is -0.477 e. The van der Waals surface area contributed by atoms with E-state index in [9.17, 15) is 19.7 Å². The number of para-hydroxylation sites is 2. The van der Waals surface area contributed by atoms with Gasteiger partial charge in [-0.15, -0.1) is 0 Å². The van der Waals surface area contributed by atoms with Gasteiger partial charge < -0.3 is 9.47 Å². The second-order valence-corrected chi connectivity index (χ2v) is 7.29. The molecule has 0 radical (unpaired) electrons. The second kappa shape index (κ2) is 10.7. The molecule has 4 rings (SSSR count). The molecule has 9 nitrogen and oxygen atoms in total. The van der Waals surface area contributed by atoms with Crippen LogP contribution in [0, 0.1) is 10.1 Å². The number of hydrogen-bond donors (Lipinski definition) is 1. The van der Waals surface area contributed by atoms with Crippen molar-refractivity contribution in [1.82, 2.24) is 5.43 Å². The third kappa shape index (κ3) is 5.85. The molecular formula is C26H19N3O6. The maximum absolute atomic E-state index is 12.6. The van der Waals surface area contributed by atoms with Crippen molar-refractivity contribution >= 4 is 34.6 Å². The molecule has 1 N–H and O–H groups in total. The molecule has 0 saturated heterocycles. The molecule has 0 spiro atoms. The summed E-state index contributed by atoms with van der Waals surface area (Å²) in [6.07, 6.45) is 1.40. The van der Waals surface area contributed by atoms with E-state index >= 15 is 0 Å². The Kier molecular flexibility index (Phi) is 7.08. The zero-order chi connectivity index (χ0) is 24.6. The molecule has 0 aliphatic heterocycles. The molecule has 174 valence electrons. The van der Waals surface area contributed by atoms with E-state index in [0.29, 0.717) is 16.9 Å². The van der Waals surface area contributed by atoms with Crippen LogP contribution in [-0.4, -0.2) is 29.6 Å². The van der Waals surface area contributed by atoms with E-state index < -0.39 is 23.4 Å². The lowest BCUT2D eigenvalue weighted by molar-refractivity contribution is -0.385. The Morgan fingerprint density at radius 3 is 2.43 bits per heavy atom. The van der Waals surface area contributed by atoms with E-state index in [0.717, 1.165) is 10.8 Å². The fourth-order valence-electron chi connectivity index (χ4n) is 3.27. The number of hydrogen-bond acceptors (Lipinski definition) is 7. The van der Waals surface area contributed by atoms with E-state index in [1.807, 2.05) is 30.3 Å². The van der Waals surface area contributed by atoms with Crippen LogP contribution in [0.4, 0.5) is 5.69 Å². The molecule has 9 heteroatoms. The Bertz CT molecular complexity index is 1410. The topological polar surface area (TPSA) is 120 Å². The highest BCUT2D eigenvalue weighted by atomic mass is 16.6. The third-order valence-corrected chi connectivity index (χ3v) is 4.92. The van der Waals surface area contributed by atoms with Crippen molar-refractivity contribution in [1.29, 1.82) is 0 Å². The fourth-order valence-corrected chi connectivity index (χ4v) is 3.27. The van der Waals surface area contributed by atoms with Crippen LogP contribution in [0.25, 0.3) is 10.8 Å². The van der Waals surface area contributed by atoms with Crippen molar-refractivity contribution in [2.45, 2.75) is 0 Å². The number of hydrazone groups is 1. The van der Waals surface area contributed by atoms with Crippen LogP contribution in [0.1, 0.15) is 15.9 Å². The van der Waals surface area contributed by atoms with Gasteiger partial charge in [-0.3, -0.25) is 14.9 Å². The van der Waals surface area contributed by atoms with E-state index in [1.165, 1.54) is 24.4 Å². The van der Waals surface area contributed by atoms with Gasteiger partial charge in [-0.05, 0) is 52.7 Å². The summed E-state index contributed by atoms with van der Waals surface area (Å²) in [5.41, 5.74) is 3.17. The highest BCUT2D eigenvalue weighted by Gasteiger charge is 2.15. The first-order valence-electron chi connectivity index (χ1n) is 10.5. The average molecular weight is 469 g/mol. The molecule has 0 aliphatic carbocycles. The summed E-state index contributed by atoms with van der Waals surface area (Å²) < 4.78 is 10.7. The number of ether oxygens (including phenoxy) is 2. The van der Waals surface area contributed by atoms with E-state index in [2.05, 4.69) is 10.5 Å². The number of esters is 1. The molecule has 4 aromatic carbocycles. The molecule has 0 aromatic heterocycles. The summed E-state index contributed by atoms with van der Waals surface area (Å²) in [5, 5.41) is 16.6. The van der Waals surface area contributed by atoms with Gasteiger partial charge in [0, 0.05) is 6.07 Å². The van der Waals surface area contributed by atoms with Crippen LogP contribution in [0.2, 0.25) is 0 Å². The summed E-state index contributed by atoms with van der Waals surface area (Å²) in [4.78, 5) is 34.9. The minimum absolute atomic E-state index is 0.00901. The second-order valence-electron chi connectivity index (χ2n) is 7.29. The lowest BCUT2D eigenvalue weighted by atomic mass is 10.0. The van der Waals surface area contributed by atoms with Crippen LogP contribution in [-0.2, 0) is 4.79 Å². The van der Waals surface area contributed by atoms with Gasteiger partial charge in [0.25, 0.3) is 5.91 Å². The molecule has 0 bridgehead atoms. The van der Waals surface area contributed by atoms with Gasteiger partial charge in [0.15, 0.2) is 12.4 Å². The molecule has 4 aromatic rings. The van der Waals surface area contributed by atoms with Crippen LogP contribution in [0.3, 0.4) is 0 Å². The number of fused-ring (bicyclic) bond motifs is 1. The van der Waals surface area contributed by atoms with Gasteiger partial charge in [0.1, 0.15) is 5.75 Å². The Morgan fingerprint density at radius 2 is 1.63 bits per heavy atom. The number of nitro benzene ring substituents is 1. The number of carbonyl (C=O) groups excluding carboxylic acids is 2. The van der Waals surface area contributed by atoms with Crippen LogP contribution < -0.4 is 14.9 Å². The molecule has 0 aliphatic rings. The molecule has 0 fully saturated rings.